The van der Waals surface area contributed by atoms with E-state index in [0.717, 1.165) is 5.69 Å². The molecule has 0 aliphatic heterocycles. The number of pyridine rings is 1. The highest BCUT2D eigenvalue weighted by molar-refractivity contribution is 5.60. The van der Waals surface area contributed by atoms with Gasteiger partial charge in [-0.15, -0.1) is 0 Å². The number of aromatic nitrogens is 1. The second-order valence-corrected chi connectivity index (χ2v) is 3.79. The van der Waals surface area contributed by atoms with Crippen molar-refractivity contribution < 1.29 is 4.74 Å². The highest BCUT2D eigenvalue weighted by Gasteiger charge is 2.02. The van der Waals surface area contributed by atoms with Gasteiger partial charge in [-0.1, -0.05) is 17.7 Å². The fourth-order valence-corrected chi connectivity index (χ4v) is 1.47. The Kier molecular flexibility index (Phi) is 3.14. The van der Waals surface area contributed by atoms with Gasteiger partial charge in [-0.2, -0.15) is 4.98 Å². The summed E-state index contributed by atoms with van der Waals surface area (Å²) in [6.45, 7) is 2.05. The van der Waals surface area contributed by atoms with Gasteiger partial charge >= 0.3 is 0 Å². The highest BCUT2D eigenvalue weighted by atomic mass is 16.5. The van der Waals surface area contributed by atoms with Crippen molar-refractivity contribution >= 4 is 17.2 Å². The number of methoxy groups -OCH3 is 1. The monoisotopic (exact) mass is 229 g/mol. The molecule has 0 unspecified atom stereocenters. The van der Waals surface area contributed by atoms with Gasteiger partial charge < -0.3 is 15.8 Å². The molecule has 17 heavy (non-hydrogen) atoms. The van der Waals surface area contributed by atoms with Crippen molar-refractivity contribution in [2.24, 2.45) is 0 Å². The molecule has 1 aromatic heterocycles. The fourth-order valence-electron chi connectivity index (χ4n) is 1.47. The van der Waals surface area contributed by atoms with Crippen molar-refractivity contribution in [3.63, 3.8) is 0 Å². The van der Waals surface area contributed by atoms with Gasteiger partial charge in [0, 0.05) is 5.69 Å². The predicted octanol–water partition coefficient (Wildman–Crippen LogP) is 2.72. The molecule has 3 N–H and O–H groups in total. The largest absolute Gasteiger partial charge is 0.479 e. The van der Waals surface area contributed by atoms with E-state index < -0.39 is 0 Å². The Labute approximate surface area is 100 Å². The fraction of sp³-hybridized carbons (Fsp3) is 0.154. The molecule has 1 aromatic carbocycles. The Balaban J connectivity index is 2.21. The lowest BCUT2D eigenvalue weighted by Crippen LogP contribution is -1.99. The van der Waals surface area contributed by atoms with Gasteiger partial charge in [0.1, 0.15) is 5.82 Å². The summed E-state index contributed by atoms with van der Waals surface area (Å²) in [5, 5.41) is 3.19. The highest BCUT2D eigenvalue weighted by Crippen LogP contribution is 2.22. The van der Waals surface area contributed by atoms with E-state index in [0.29, 0.717) is 17.4 Å². The van der Waals surface area contributed by atoms with Crippen molar-refractivity contribution in [2.75, 3.05) is 18.2 Å². The van der Waals surface area contributed by atoms with E-state index in [-0.39, 0.29) is 0 Å². The number of hydrogen-bond acceptors (Lipinski definition) is 4. The number of nitrogens with two attached hydrogens (primary N) is 1. The predicted molar refractivity (Wildman–Crippen MR) is 69.7 cm³/mol. The number of ether oxygens (including phenoxy) is 1. The van der Waals surface area contributed by atoms with Crippen LogP contribution in [0, 0.1) is 6.92 Å². The minimum absolute atomic E-state index is 0.433. The minimum Gasteiger partial charge on any atom is -0.479 e. The standard InChI is InChI=1S/C13H15N3O/c1-9-3-5-10(6-4-9)15-12-8-7-11(14)13(16-12)17-2/h3-8H,14H2,1-2H3,(H,15,16). The Hall–Kier alpha value is -2.23. The summed E-state index contributed by atoms with van der Waals surface area (Å²) < 4.78 is 5.07. The molecule has 0 bridgehead atoms. The van der Waals surface area contributed by atoms with E-state index in [1.165, 1.54) is 5.56 Å². The van der Waals surface area contributed by atoms with Crippen LogP contribution in [0.1, 0.15) is 5.56 Å². The molecule has 0 aliphatic carbocycles. The zero-order valence-electron chi connectivity index (χ0n) is 9.90. The number of nitrogen functional groups attached to an aromatic ring is 1. The Morgan fingerprint density at radius 3 is 2.47 bits per heavy atom. The molecule has 0 aliphatic rings. The molecular formula is C13H15N3O. The van der Waals surface area contributed by atoms with E-state index in [1.54, 1.807) is 13.2 Å². The van der Waals surface area contributed by atoms with Crippen molar-refractivity contribution in [1.29, 1.82) is 0 Å². The van der Waals surface area contributed by atoms with Gasteiger partial charge in [-0.05, 0) is 31.2 Å². The number of nitrogens with zero attached hydrogens (tertiary/aromatic N) is 1. The van der Waals surface area contributed by atoms with Crippen LogP contribution in [0.15, 0.2) is 36.4 Å². The first-order valence-corrected chi connectivity index (χ1v) is 5.33. The Morgan fingerprint density at radius 1 is 1.12 bits per heavy atom. The van der Waals surface area contributed by atoms with Crippen molar-refractivity contribution in [3.05, 3.63) is 42.0 Å². The number of nitrogens with one attached hydrogen (secondary N) is 1. The molecule has 88 valence electrons. The average molecular weight is 229 g/mol. The van der Waals surface area contributed by atoms with E-state index in [9.17, 15) is 0 Å². The average Bonchev–Trinajstić information content (AvgIpc) is 2.34. The van der Waals surface area contributed by atoms with E-state index in [1.807, 2.05) is 37.3 Å². The van der Waals surface area contributed by atoms with E-state index >= 15 is 0 Å². The number of rotatable bonds is 3. The third-order valence-electron chi connectivity index (χ3n) is 2.41. The third-order valence-corrected chi connectivity index (χ3v) is 2.41. The van der Waals surface area contributed by atoms with Crippen LogP contribution in [-0.4, -0.2) is 12.1 Å². The molecule has 0 fully saturated rings. The van der Waals surface area contributed by atoms with Crippen LogP contribution in [0.3, 0.4) is 0 Å². The normalized spacial score (nSPS) is 10.0. The maximum atomic E-state index is 5.70. The SMILES string of the molecule is COc1nc(Nc2ccc(C)cc2)ccc1N. The van der Waals surface area contributed by atoms with Crippen molar-refractivity contribution in [3.8, 4) is 5.88 Å². The summed E-state index contributed by atoms with van der Waals surface area (Å²) in [6.07, 6.45) is 0. The molecule has 0 amide bonds. The molecule has 0 atom stereocenters. The van der Waals surface area contributed by atoms with Crippen LogP contribution in [0.5, 0.6) is 5.88 Å². The lowest BCUT2D eigenvalue weighted by molar-refractivity contribution is 0.401. The summed E-state index contributed by atoms with van der Waals surface area (Å²) in [6, 6.07) is 11.7. The number of benzene rings is 1. The first-order chi connectivity index (χ1) is 8.19. The molecule has 4 nitrogen and oxygen atoms in total. The topological polar surface area (TPSA) is 60.2 Å². The zero-order valence-corrected chi connectivity index (χ0v) is 9.90. The van der Waals surface area contributed by atoms with E-state index in [4.69, 9.17) is 10.5 Å². The quantitative estimate of drug-likeness (QED) is 0.849. The summed E-state index contributed by atoms with van der Waals surface area (Å²) in [5.41, 5.74) is 8.43. The Bertz CT molecular complexity index is 509. The first-order valence-electron chi connectivity index (χ1n) is 5.33. The molecule has 0 saturated carbocycles. The summed E-state index contributed by atoms with van der Waals surface area (Å²) in [4.78, 5) is 4.25. The second kappa shape index (κ2) is 4.74. The Morgan fingerprint density at radius 2 is 1.82 bits per heavy atom. The molecule has 0 radical (unpaired) electrons. The number of aryl methyl sites for hydroxylation is 1. The van der Waals surface area contributed by atoms with Crippen LogP contribution >= 0.6 is 0 Å². The summed E-state index contributed by atoms with van der Waals surface area (Å²) in [7, 11) is 1.55. The van der Waals surface area contributed by atoms with Crippen LogP contribution < -0.4 is 15.8 Å². The number of hydrogen-bond donors (Lipinski definition) is 2. The van der Waals surface area contributed by atoms with Crippen LogP contribution in [0.25, 0.3) is 0 Å². The van der Waals surface area contributed by atoms with E-state index in [2.05, 4.69) is 10.3 Å². The summed E-state index contributed by atoms with van der Waals surface area (Å²) >= 11 is 0. The minimum atomic E-state index is 0.433. The van der Waals surface area contributed by atoms with Gasteiger partial charge in [0.25, 0.3) is 0 Å². The molecule has 2 rings (SSSR count). The molecular weight excluding hydrogens is 214 g/mol. The van der Waals surface area contributed by atoms with Crippen LogP contribution in [0.2, 0.25) is 0 Å². The van der Waals surface area contributed by atoms with Gasteiger partial charge in [-0.3, -0.25) is 0 Å². The van der Waals surface area contributed by atoms with Crippen molar-refractivity contribution in [2.45, 2.75) is 6.92 Å². The van der Waals surface area contributed by atoms with Crippen molar-refractivity contribution in [1.82, 2.24) is 4.98 Å². The maximum Gasteiger partial charge on any atom is 0.238 e. The lowest BCUT2D eigenvalue weighted by atomic mass is 10.2. The number of anilines is 3. The smallest absolute Gasteiger partial charge is 0.238 e. The summed E-state index contributed by atoms with van der Waals surface area (Å²) in [5.74, 6) is 1.14. The molecule has 1 heterocycles. The molecule has 0 spiro atoms. The third kappa shape index (κ3) is 2.66. The van der Waals surface area contributed by atoms with Gasteiger partial charge in [0.2, 0.25) is 5.88 Å². The van der Waals surface area contributed by atoms with Crippen LogP contribution in [0.4, 0.5) is 17.2 Å². The lowest BCUT2D eigenvalue weighted by Gasteiger charge is -2.08. The van der Waals surface area contributed by atoms with Crippen LogP contribution in [-0.2, 0) is 0 Å². The second-order valence-electron chi connectivity index (χ2n) is 3.79. The molecule has 2 aromatic rings. The maximum absolute atomic E-state index is 5.70. The molecule has 4 heteroatoms. The van der Waals surface area contributed by atoms with Gasteiger partial charge in [0.15, 0.2) is 0 Å². The first kappa shape index (κ1) is 11.3. The zero-order chi connectivity index (χ0) is 12.3. The van der Waals surface area contributed by atoms with Gasteiger partial charge in [-0.25, -0.2) is 0 Å². The molecule has 0 saturated heterocycles. The van der Waals surface area contributed by atoms with Gasteiger partial charge in [0.05, 0.1) is 12.8 Å².